The van der Waals surface area contributed by atoms with Crippen LogP contribution in [0.4, 0.5) is 24.7 Å². The van der Waals surface area contributed by atoms with Crippen LogP contribution in [-0.2, 0) is 0 Å². The molecule has 3 N–H and O–H groups in total. The average Bonchev–Trinajstić information content (AvgIpc) is 3.16. The number of methoxy groups -OCH3 is 1. The SMILES string of the molecule is COc1cccc([C@@H]2C[C@@H](C(F)(F)F)n3ncc(C(=O)Nc4cccc(O)c4)c3N2)c1. The second-order valence-electron chi connectivity index (χ2n) is 7.12. The number of halogens is 3. The largest absolute Gasteiger partial charge is 0.508 e. The van der Waals surface area contributed by atoms with Crippen LogP contribution in [0.1, 0.15) is 34.4 Å². The average molecular weight is 432 g/mol. The number of alkyl halides is 3. The fourth-order valence-electron chi connectivity index (χ4n) is 3.59. The number of carbonyl (C=O) groups is 1. The van der Waals surface area contributed by atoms with E-state index in [0.29, 0.717) is 17.0 Å². The van der Waals surface area contributed by atoms with Crippen LogP contribution in [0.3, 0.4) is 0 Å². The summed E-state index contributed by atoms with van der Waals surface area (Å²) in [7, 11) is 1.48. The predicted octanol–water partition coefficient (Wildman–Crippen LogP) is 4.51. The lowest BCUT2D eigenvalue weighted by molar-refractivity contribution is -0.173. The van der Waals surface area contributed by atoms with Gasteiger partial charge in [0.25, 0.3) is 5.91 Å². The number of aromatic hydroxyl groups is 1. The van der Waals surface area contributed by atoms with Gasteiger partial charge in [-0.2, -0.15) is 18.3 Å². The Labute approximate surface area is 175 Å². The van der Waals surface area contributed by atoms with Crippen LogP contribution in [-0.4, -0.2) is 34.1 Å². The molecule has 0 saturated carbocycles. The van der Waals surface area contributed by atoms with Crippen molar-refractivity contribution in [1.82, 2.24) is 9.78 Å². The second-order valence-corrected chi connectivity index (χ2v) is 7.12. The smallest absolute Gasteiger partial charge is 0.410 e. The molecule has 10 heteroatoms. The van der Waals surface area contributed by atoms with Gasteiger partial charge < -0.3 is 20.5 Å². The Bertz CT molecular complexity index is 1110. The topological polar surface area (TPSA) is 88.4 Å². The van der Waals surface area contributed by atoms with E-state index in [4.69, 9.17) is 4.74 Å². The van der Waals surface area contributed by atoms with Gasteiger partial charge in [-0.15, -0.1) is 0 Å². The van der Waals surface area contributed by atoms with Crippen molar-refractivity contribution >= 4 is 17.4 Å². The zero-order chi connectivity index (χ0) is 22.2. The fourth-order valence-corrected chi connectivity index (χ4v) is 3.59. The van der Waals surface area contributed by atoms with E-state index in [-0.39, 0.29) is 23.6 Å². The van der Waals surface area contributed by atoms with Crippen molar-refractivity contribution in [3.05, 3.63) is 65.9 Å². The molecule has 1 aromatic heterocycles. The number of rotatable bonds is 4. The van der Waals surface area contributed by atoms with E-state index in [1.54, 1.807) is 30.3 Å². The Hall–Kier alpha value is -3.69. The molecule has 2 atom stereocenters. The van der Waals surface area contributed by atoms with Crippen molar-refractivity contribution in [3.63, 3.8) is 0 Å². The Balaban J connectivity index is 1.70. The highest BCUT2D eigenvalue weighted by atomic mass is 19.4. The highest BCUT2D eigenvalue weighted by molar-refractivity contribution is 6.07. The monoisotopic (exact) mass is 432 g/mol. The molecule has 1 aliphatic heterocycles. The molecule has 0 bridgehead atoms. The van der Waals surface area contributed by atoms with E-state index in [9.17, 15) is 23.1 Å². The third kappa shape index (κ3) is 4.14. The maximum Gasteiger partial charge on any atom is 0.410 e. The molecule has 4 rings (SSSR count). The zero-order valence-electron chi connectivity index (χ0n) is 16.3. The third-order valence-electron chi connectivity index (χ3n) is 5.08. The molecule has 1 amide bonds. The fraction of sp³-hybridized carbons (Fsp3) is 0.238. The highest BCUT2D eigenvalue weighted by Gasteiger charge is 2.47. The lowest BCUT2D eigenvalue weighted by atomic mass is 9.96. The summed E-state index contributed by atoms with van der Waals surface area (Å²) in [6.07, 6.45) is -3.74. The van der Waals surface area contributed by atoms with Gasteiger partial charge in [0.1, 0.15) is 22.9 Å². The molecular weight excluding hydrogens is 413 g/mol. The summed E-state index contributed by atoms with van der Waals surface area (Å²) in [6.45, 7) is 0. The Morgan fingerprint density at radius 1 is 1.26 bits per heavy atom. The van der Waals surface area contributed by atoms with Crippen LogP contribution in [0.15, 0.2) is 54.7 Å². The van der Waals surface area contributed by atoms with Gasteiger partial charge in [-0.3, -0.25) is 4.79 Å². The van der Waals surface area contributed by atoms with Crippen molar-refractivity contribution in [1.29, 1.82) is 0 Å². The number of phenolic OH excluding ortho intramolecular Hbond substituents is 1. The number of nitrogens with zero attached hydrogens (tertiary/aromatic N) is 2. The Kier molecular flexibility index (Phi) is 5.22. The molecule has 0 fully saturated rings. The summed E-state index contributed by atoms with van der Waals surface area (Å²) >= 11 is 0. The number of hydrogen-bond acceptors (Lipinski definition) is 5. The normalized spacial score (nSPS) is 18.1. The van der Waals surface area contributed by atoms with Crippen LogP contribution in [0, 0.1) is 0 Å². The number of phenols is 1. The number of anilines is 2. The summed E-state index contributed by atoms with van der Waals surface area (Å²) in [6, 6.07) is 10.0. The number of benzene rings is 2. The lowest BCUT2D eigenvalue weighted by Gasteiger charge is -2.34. The molecule has 2 aromatic carbocycles. The number of nitrogens with one attached hydrogen (secondary N) is 2. The molecule has 31 heavy (non-hydrogen) atoms. The van der Waals surface area contributed by atoms with Gasteiger partial charge in [-0.1, -0.05) is 18.2 Å². The molecular formula is C21H19F3N4O3. The number of aromatic nitrogens is 2. The third-order valence-corrected chi connectivity index (χ3v) is 5.08. The minimum Gasteiger partial charge on any atom is -0.508 e. The van der Waals surface area contributed by atoms with E-state index in [0.717, 1.165) is 10.9 Å². The quantitative estimate of drug-likeness (QED) is 0.565. The summed E-state index contributed by atoms with van der Waals surface area (Å²) in [4.78, 5) is 12.8. The molecule has 0 radical (unpaired) electrons. The predicted molar refractivity (Wildman–Crippen MR) is 107 cm³/mol. The molecule has 1 aliphatic rings. The van der Waals surface area contributed by atoms with E-state index < -0.39 is 24.2 Å². The van der Waals surface area contributed by atoms with Gasteiger partial charge in [-0.05, 0) is 29.8 Å². The first kappa shape index (κ1) is 20.6. The maximum absolute atomic E-state index is 13.8. The summed E-state index contributed by atoms with van der Waals surface area (Å²) in [5.41, 5.74) is 0.864. The maximum atomic E-state index is 13.8. The second kappa shape index (κ2) is 7.86. The number of carbonyl (C=O) groups excluding carboxylic acids is 1. The molecule has 0 aliphatic carbocycles. The molecule has 2 heterocycles. The van der Waals surface area contributed by atoms with Gasteiger partial charge in [0.05, 0.1) is 19.3 Å². The Morgan fingerprint density at radius 2 is 2.03 bits per heavy atom. The van der Waals surface area contributed by atoms with Gasteiger partial charge in [-0.25, -0.2) is 4.68 Å². The van der Waals surface area contributed by atoms with Crippen molar-refractivity contribution < 1.29 is 27.8 Å². The minimum absolute atomic E-state index is 0.0287. The Morgan fingerprint density at radius 3 is 2.74 bits per heavy atom. The molecule has 0 unspecified atom stereocenters. The van der Waals surface area contributed by atoms with E-state index >= 15 is 0 Å². The number of fused-ring (bicyclic) bond motifs is 1. The molecule has 0 spiro atoms. The number of amides is 1. The van der Waals surface area contributed by atoms with Crippen LogP contribution >= 0.6 is 0 Å². The van der Waals surface area contributed by atoms with E-state index in [1.807, 2.05) is 0 Å². The molecule has 0 saturated heterocycles. The van der Waals surface area contributed by atoms with E-state index in [1.165, 1.54) is 25.3 Å². The summed E-state index contributed by atoms with van der Waals surface area (Å²) in [5, 5.41) is 19.0. The van der Waals surface area contributed by atoms with Crippen LogP contribution in [0.5, 0.6) is 11.5 Å². The molecule has 7 nitrogen and oxygen atoms in total. The number of ether oxygens (including phenoxy) is 1. The number of hydrogen-bond donors (Lipinski definition) is 3. The molecule has 3 aromatic rings. The van der Waals surface area contributed by atoms with Gasteiger partial charge >= 0.3 is 6.18 Å². The minimum atomic E-state index is -4.56. The summed E-state index contributed by atoms with van der Waals surface area (Å²) < 4.78 is 47.4. The van der Waals surface area contributed by atoms with E-state index in [2.05, 4.69) is 15.7 Å². The van der Waals surface area contributed by atoms with Gasteiger partial charge in [0.2, 0.25) is 0 Å². The van der Waals surface area contributed by atoms with Gasteiger partial charge in [0.15, 0.2) is 6.04 Å². The van der Waals surface area contributed by atoms with Crippen molar-refractivity contribution in [2.24, 2.45) is 0 Å². The first-order valence-electron chi connectivity index (χ1n) is 9.41. The first-order chi connectivity index (χ1) is 14.8. The first-order valence-corrected chi connectivity index (χ1v) is 9.41. The van der Waals surface area contributed by atoms with Crippen molar-refractivity contribution in [2.75, 3.05) is 17.7 Å². The van der Waals surface area contributed by atoms with Crippen LogP contribution < -0.4 is 15.4 Å². The summed E-state index contributed by atoms with van der Waals surface area (Å²) in [5.74, 6) is -0.211. The van der Waals surface area contributed by atoms with Crippen LogP contribution in [0.2, 0.25) is 0 Å². The standard InChI is InChI=1S/C21H19F3N4O3/c1-31-15-7-2-4-12(8-15)17-10-18(21(22,23)24)28-19(27-17)16(11-25-28)20(30)26-13-5-3-6-14(29)9-13/h2-9,11,17-18,27,29H,10H2,1H3,(H,26,30)/t17-,18-/m0/s1. The zero-order valence-corrected chi connectivity index (χ0v) is 16.3. The van der Waals surface area contributed by atoms with Crippen molar-refractivity contribution in [2.45, 2.75) is 24.7 Å². The molecule has 162 valence electrons. The van der Waals surface area contributed by atoms with Crippen LogP contribution in [0.25, 0.3) is 0 Å². The lowest BCUT2D eigenvalue weighted by Crippen LogP contribution is -2.36. The van der Waals surface area contributed by atoms with Crippen molar-refractivity contribution in [3.8, 4) is 11.5 Å². The highest BCUT2D eigenvalue weighted by Crippen LogP contribution is 2.44. The van der Waals surface area contributed by atoms with Gasteiger partial charge in [0, 0.05) is 18.2 Å².